The van der Waals surface area contributed by atoms with Crippen LogP contribution in [-0.2, 0) is 6.54 Å². The van der Waals surface area contributed by atoms with E-state index >= 15 is 0 Å². The topological polar surface area (TPSA) is 68.0 Å². The van der Waals surface area contributed by atoms with Crippen molar-refractivity contribution in [3.63, 3.8) is 0 Å². The van der Waals surface area contributed by atoms with Gasteiger partial charge in [0, 0.05) is 5.56 Å². The van der Waals surface area contributed by atoms with Crippen molar-refractivity contribution < 1.29 is 18.1 Å². The molecule has 0 saturated heterocycles. The number of rotatable bonds is 4. The smallest absolute Gasteiger partial charge is 0.251 e. The molecule has 2 heterocycles. The second-order valence-electron chi connectivity index (χ2n) is 4.30. The number of nitrogens with zero attached hydrogens (tertiary/aromatic N) is 2. The van der Waals surface area contributed by atoms with E-state index in [9.17, 15) is 13.6 Å². The molecule has 0 fully saturated rings. The molecule has 0 radical (unpaired) electrons. The van der Waals surface area contributed by atoms with Crippen molar-refractivity contribution in [2.45, 2.75) is 6.54 Å². The third-order valence-corrected chi connectivity index (χ3v) is 3.66. The van der Waals surface area contributed by atoms with Gasteiger partial charge >= 0.3 is 0 Å². The lowest BCUT2D eigenvalue weighted by atomic mass is 10.2. The zero-order chi connectivity index (χ0) is 15.5. The first-order valence-electron chi connectivity index (χ1n) is 6.23. The maximum absolute atomic E-state index is 13.1. The fourth-order valence-electron chi connectivity index (χ4n) is 1.73. The first-order valence-corrected chi connectivity index (χ1v) is 7.11. The minimum Gasteiger partial charge on any atom is -0.343 e. The Morgan fingerprint density at radius 2 is 2.14 bits per heavy atom. The van der Waals surface area contributed by atoms with Crippen LogP contribution in [0.5, 0.6) is 0 Å². The van der Waals surface area contributed by atoms with Gasteiger partial charge in [0.2, 0.25) is 11.7 Å². The molecule has 1 amide bonds. The van der Waals surface area contributed by atoms with E-state index in [-0.39, 0.29) is 18.0 Å². The second kappa shape index (κ2) is 6.02. The standard InChI is InChI=1S/C14H9F2N3O2S/c15-9-4-3-8(6-10(9)16)14(20)17-7-12-18-13(19-21-12)11-2-1-5-22-11/h1-6H,7H2,(H,17,20). The quantitative estimate of drug-likeness (QED) is 0.802. The predicted octanol–water partition coefficient (Wildman–Crippen LogP) is 3.01. The van der Waals surface area contributed by atoms with Crippen LogP contribution in [0, 0.1) is 11.6 Å². The number of aromatic nitrogens is 2. The molecule has 5 nitrogen and oxygen atoms in total. The lowest BCUT2D eigenvalue weighted by Crippen LogP contribution is -2.23. The Morgan fingerprint density at radius 1 is 1.27 bits per heavy atom. The monoisotopic (exact) mass is 321 g/mol. The Labute approximate surface area is 127 Å². The summed E-state index contributed by atoms with van der Waals surface area (Å²) in [6, 6.07) is 6.63. The van der Waals surface area contributed by atoms with Crippen LogP contribution in [-0.4, -0.2) is 16.0 Å². The summed E-state index contributed by atoms with van der Waals surface area (Å²) >= 11 is 1.46. The average molecular weight is 321 g/mol. The molecule has 0 saturated carbocycles. The third-order valence-electron chi connectivity index (χ3n) is 2.79. The lowest BCUT2D eigenvalue weighted by molar-refractivity contribution is 0.0945. The largest absolute Gasteiger partial charge is 0.343 e. The molecule has 0 spiro atoms. The molecule has 0 unspecified atom stereocenters. The number of amides is 1. The summed E-state index contributed by atoms with van der Waals surface area (Å²) in [5.74, 6) is -1.99. The van der Waals surface area contributed by atoms with Gasteiger partial charge in [-0.2, -0.15) is 4.98 Å². The number of hydrogen-bond acceptors (Lipinski definition) is 5. The van der Waals surface area contributed by atoms with Crippen LogP contribution in [0.4, 0.5) is 8.78 Å². The fourth-order valence-corrected chi connectivity index (χ4v) is 2.38. The van der Waals surface area contributed by atoms with Crippen molar-refractivity contribution in [1.29, 1.82) is 0 Å². The van der Waals surface area contributed by atoms with Gasteiger partial charge in [-0.25, -0.2) is 8.78 Å². The van der Waals surface area contributed by atoms with E-state index in [1.54, 1.807) is 0 Å². The van der Waals surface area contributed by atoms with Crippen LogP contribution in [0.25, 0.3) is 10.7 Å². The highest BCUT2D eigenvalue weighted by molar-refractivity contribution is 7.13. The van der Waals surface area contributed by atoms with Crippen LogP contribution >= 0.6 is 11.3 Å². The maximum atomic E-state index is 13.1. The summed E-state index contributed by atoms with van der Waals surface area (Å²) < 4.78 is 30.9. The first kappa shape index (κ1) is 14.3. The number of hydrogen-bond donors (Lipinski definition) is 1. The Morgan fingerprint density at radius 3 is 2.86 bits per heavy atom. The molecule has 0 atom stereocenters. The van der Waals surface area contributed by atoms with E-state index in [1.165, 1.54) is 17.4 Å². The molecular weight excluding hydrogens is 312 g/mol. The highest BCUT2D eigenvalue weighted by Crippen LogP contribution is 2.21. The summed E-state index contributed by atoms with van der Waals surface area (Å²) in [7, 11) is 0. The minimum atomic E-state index is -1.08. The summed E-state index contributed by atoms with van der Waals surface area (Å²) in [6.07, 6.45) is 0. The van der Waals surface area contributed by atoms with Crippen LogP contribution in [0.3, 0.4) is 0 Å². The first-order chi connectivity index (χ1) is 10.6. The van der Waals surface area contributed by atoms with Gasteiger partial charge in [-0.15, -0.1) is 11.3 Å². The molecule has 0 aliphatic heterocycles. The predicted molar refractivity (Wildman–Crippen MR) is 75.1 cm³/mol. The van der Waals surface area contributed by atoms with E-state index in [0.29, 0.717) is 5.82 Å². The van der Waals surface area contributed by atoms with Crippen molar-refractivity contribution in [3.05, 3.63) is 58.8 Å². The van der Waals surface area contributed by atoms with E-state index < -0.39 is 17.5 Å². The van der Waals surface area contributed by atoms with Gasteiger partial charge in [0.05, 0.1) is 11.4 Å². The van der Waals surface area contributed by atoms with Crippen molar-refractivity contribution in [3.8, 4) is 10.7 Å². The molecule has 2 aromatic heterocycles. The number of thiophene rings is 1. The molecule has 8 heteroatoms. The number of carbonyl (C=O) groups excluding carboxylic acids is 1. The lowest BCUT2D eigenvalue weighted by Gasteiger charge is -2.02. The highest BCUT2D eigenvalue weighted by atomic mass is 32.1. The molecule has 3 aromatic rings. The van der Waals surface area contributed by atoms with Gasteiger partial charge in [-0.3, -0.25) is 4.79 Å². The van der Waals surface area contributed by atoms with E-state index in [0.717, 1.165) is 17.0 Å². The van der Waals surface area contributed by atoms with E-state index in [1.807, 2.05) is 17.5 Å². The van der Waals surface area contributed by atoms with Crippen molar-refractivity contribution in [2.24, 2.45) is 0 Å². The molecule has 0 bridgehead atoms. The molecule has 112 valence electrons. The molecule has 0 aliphatic carbocycles. The number of nitrogens with one attached hydrogen (secondary N) is 1. The zero-order valence-corrected chi connectivity index (χ0v) is 11.9. The third kappa shape index (κ3) is 3.01. The summed E-state index contributed by atoms with van der Waals surface area (Å²) in [5.41, 5.74) is 0.0110. The van der Waals surface area contributed by atoms with Gasteiger partial charge in [0.25, 0.3) is 5.91 Å². The van der Waals surface area contributed by atoms with Crippen molar-refractivity contribution in [1.82, 2.24) is 15.5 Å². The zero-order valence-electron chi connectivity index (χ0n) is 11.0. The maximum Gasteiger partial charge on any atom is 0.251 e. The van der Waals surface area contributed by atoms with Gasteiger partial charge < -0.3 is 9.84 Å². The van der Waals surface area contributed by atoms with E-state index in [2.05, 4.69) is 15.5 Å². The average Bonchev–Trinajstić information content (AvgIpc) is 3.18. The molecule has 1 N–H and O–H groups in total. The number of carbonyl (C=O) groups is 1. The molecule has 3 rings (SSSR count). The van der Waals surface area contributed by atoms with E-state index in [4.69, 9.17) is 4.52 Å². The Hall–Kier alpha value is -2.61. The van der Waals surface area contributed by atoms with Crippen molar-refractivity contribution in [2.75, 3.05) is 0 Å². The van der Waals surface area contributed by atoms with Crippen LogP contribution in [0.15, 0.2) is 40.2 Å². The number of benzene rings is 1. The minimum absolute atomic E-state index is 0.00377. The summed E-state index contributed by atoms with van der Waals surface area (Å²) in [5, 5.41) is 8.18. The Bertz CT molecular complexity index is 802. The second-order valence-corrected chi connectivity index (χ2v) is 5.25. The van der Waals surface area contributed by atoms with Crippen molar-refractivity contribution >= 4 is 17.2 Å². The molecule has 1 aromatic carbocycles. The summed E-state index contributed by atoms with van der Waals surface area (Å²) in [6.45, 7) is -0.00377. The van der Waals surface area contributed by atoms with Crippen LogP contribution < -0.4 is 5.32 Å². The fraction of sp³-hybridized carbons (Fsp3) is 0.0714. The number of halogens is 2. The highest BCUT2D eigenvalue weighted by Gasteiger charge is 2.13. The normalized spacial score (nSPS) is 10.6. The van der Waals surface area contributed by atoms with Gasteiger partial charge in [0.1, 0.15) is 0 Å². The molecular formula is C14H9F2N3O2S. The SMILES string of the molecule is O=C(NCc1nc(-c2cccs2)no1)c1ccc(F)c(F)c1. The van der Waals surface area contributed by atoms with Crippen LogP contribution in [0.1, 0.15) is 16.2 Å². The molecule has 0 aliphatic rings. The Balaban J connectivity index is 1.65. The molecule has 22 heavy (non-hydrogen) atoms. The van der Waals surface area contributed by atoms with Gasteiger partial charge in [0.15, 0.2) is 11.6 Å². The summed E-state index contributed by atoms with van der Waals surface area (Å²) in [4.78, 5) is 16.8. The van der Waals surface area contributed by atoms with Gasteiger partial charge in [-0.05, 0) is 29.6 Å². The van der Waals surface area contributed by atoms with Gasteiger partial charge in [-0.1, -0.05) is 11.2 Å². The van der Waals surface area contributed by atoms with Crippen LogP contribution in [0.2, 0.25) is 0 Å². The Kier molecular flexibility index (Phi) is 3.92.